The maximum Gasteiger partial charge on any atom is 0.185 e. The molecule has 0 unspecified atom stereocenters. The first-order chi connectivity index (χ1) is 15.8. The molecule has 0 radical (unpaired) electrons. The van der Waals surface area contributed by atoms with Crippen LogP contribution in [0.15, 0.2) is 46.7 Å². The number of anilines is 1. The second kappa shape index (κ2) is 9.85. The summed E-state index contributed by atoms with van der Waals surface area (Å²) in [7, 11) is -3.34. The highest BCUT2D eigenvalue weighted by molar-refractivity contribution is 7.92. The van der Waals surface area contributed by atoms with Crippen LogP contribution >= 0.6 is 11.3 Å². The van der Waals surface area contributed by atoms with Crippen molar-refractivity contribution in [1.82, 2.24) is 4.98 Å². The Morgan fingerprint density at radius 3 is 2.30 bits per heavy atom. The molecule has 1 saturated heterocycles. The van der Waals surface area contributed by atoms with E-state index in [1.54, 1.807) is 11.3 Å². The summed E-state index contributed by atoms with van der Waals surface area (Å²) in [5, 5.41) is 2.75. The number of thiazole rings is 1. The minimum Gasteiger partial charge on any atom is -0.494 e. The first-order valence-corrected chi connectivity index (χ1v) is 13.9. The zero-order chi connectivity index (χ0) is 23.6. The zero-order valence-electron chi connectivity index (χ0n) is 19.8. The molecule has 3 aromatic rings. The maximum absolute atomic E-state index is 13.4. The Labute approximate surface area is 201 Å². The van der Waals surface area contributed by atoms with Crippen LogP contribution in [0.2, 0.25) is 0 Å². The molecule has 1 fully saturated rings. The number of ether oxygens (including phenoxy) is 1. The molecule has 1 aliphatic rings. The standard InChI is InChI=1S/C26H32N2O3S2/c1-5-31-23-8-6-21(7-9-23)16-22-17-32-26(27-22)28-12-10-24(11-13-28)33(29,30)25-19(3)14-18(2)15-20(25)4/h6-9,14-15,17,24H,5,10-13,16H2,1-4H3. The third-order valence-corrected chi connectivity index (χ3v) is 9.71. The molecule has 0 N–H and O–H groups in total. The smallest absolute Gasteiger partial charge is 0.185 e. The van der Waals surface area contributed by atoms with Crippen molar-refractivity contribution in [1.29, 1.82) is 0 Å². The first-order valence-electron chi connectivity index (χ1n) is 11.5. The van der Waals surface area contributed by atoms with Gasteiger partial charge in [-0.1, -0.05) is 29.8 Å². The predicted octanol–water partition coefficient (Wildman–Crippen LogP) is 5.50. The van der Waals surface area contributed by atoms with E-state index in [0.717, 1.165) is 39.7 Å². The molecular formula is C26H32N2O3S2. The number of piperidine rings is 1. The van der Waals surface area contributed by atoms with Crippen LogP contribution in [0, 0.1) is 20.8 Å². The zero-order valence-corrected chi connectivity index (χ0v) is 21.4. The van der Waals surface area contributed by atoms with Crippen molar-refractivity contribution in [2.75, 3.05) is 24.6 Å². The van der Waals surface area contributed by atoms with Crippen LogP contribution in [0.4, 0.5) is 5.13 Å². The summed E-state index contributed by atoms with van der Waals surface area (Å²) in [6, 6.07) is 12.1. The van der Waals surface area contributed by atoms with Gasteiger partial charge in [0.15, 0.2) is 15.0 Å². The second-order valence-corrected chi connectivity index (χ2v) is 11.8. The lowest BCUT2D eigenvalue weighted by Gasteiger charge is -2.32. The molecule has 33 heavy (non-hydrogen) atoms. The average Bonchev–Trinajstić information content (AvgIpc) is 3.23. The Bertz CT molecular complexity index is 1190. The van der Waals surface area contributed by atoms with Crippen molar-refractivity contribution in [3.05, 3.63) is 69.7 Å². The van der Waals surface area contributed by atoms with Crippen LogP contribution in [-0.4, -0.2) is 38.3 Å². The molecule has 0 aliphatic carbocycles. The lowest BCUT2D eigenvalue weighted by atomic mass is 10.1. The van der Waals surface area contributed by atoms with Gasteiger partial charge in [-0.15, -0.1) is 11.3 Å². The van der Waals surface area contributed by atoms with Crippen molar-refractivity contribution < 1.29 is 13.2 Å². The van der Waals surface area contributed by atoms with Crippen molar-refractivity contribution in [3.8, 4) is 5.75 Å². The summed E-state index contributed by atoms with van der Waals surface area (Å²) in [6.45, 7) is 9.89. The third kappa shape index (κ3) is 5.25. The predicted molar refractivity (Wildman–Crippen MR) is 136 cm³/mol. The lowest BCUT2D eigenvalue weighted by molar-refractivity contribution is 0.340. The van der Waals surface area contributed by atoms with Crippen LogP contribution in [0.3, 0.4) is 0 Å². The van der Waals surface area contributed by atoms with Crippen molar-refractivity contribution in [2.24, 2.45) is 0 Å². The molecule has 0 bridgehead atoms. The fourth-order valence-electron chi connectivity index (χ4n) is 4.74. The number of sulfone groups is 1. The Morgan fingerprint density at radius 2 is 1.70 bits per heavy atom. The number of hydrogen-bond acceptors (Lipinski definition) is 6. The SMILES string of the molecule is CCOc1ccc(Cc2csc(N3CCC(S(=O)(=O)c4c(C)cc(C)cc4C)CC3)n2)cc1. The highest BCUT2D eigenvalue weighted by Gasteiger charge is 2.34. The van der Waals surface area contributed by atoms with E-state index >= 15 is 0 Å². The number of rotatable bonds is 7. The van der Waals surface area contributed by atoms with E-state index < -0.39 is 9.84 Å². The highest BCUT2D eigenvalue weighted by Crippen LogP contribution is 2.32. The minimum absolute atomic E-state index is 0.336. The van der Waals surface area contributed by atoms with Crippen LogP contribution in [0.1, 0.15) is 47.7 Å². The first kappa shape index (κ1) is 23.8. The summed E-state index contributed by atoms with van der Waals surface area (Å²) >= 11 is 1.64. The molecule has 2 heterocycles. The van der Waals surface area contributed by atoms with Crippen molar-refractivity contribution >= 4 is 26.3 Å². The molecule has 2 aromatic carbocycles. The molecule has 1 aromatic heterocycles. The molecule has 0 atom stereocenters. The quantitative estimate of drug-likeness (QED) is 0.443. The second-order valence-electron chi connectivity index (χ2n) is 8.83. The van der Waals surface area contributed by atoms with Gasteiger partial charge in [0.2, 0.25) is 0 Å². The summed E-state index contributed by atoms with van der Waals surface area (Å²) in [6.07, 6.45) is 2.03. The van der Waals surface area contributed by atoms with E-state index in [4.69, 9.17) is 9.72 Å². The monoisotopic (exact) mass is 484 g/mol. The summed E-state index contributed by atoms with van der Waals surface area (Å²) in [4.78, 5) is 7.59. The molecule has 1 aliphatic heterocycles. The van der Waals surface area contributed by atoms with Crippen molar-refractivity contribution in [3.63, 3.8) is 0 Å². The third-order valence-electron chi connectivity index (χ3n) is 6.20. The minimum atomic E-state index is -3.34. The summed E-state index contributed by atoms with van der Waals surface area (Å²) in [5.41, 5.74) is 5.05. The molecule has 0 spiro atoms. The molecule has 4 rings (SSSR count). The van der Waals surface area contributed by atoms with E-state index in [0.29, 0.717) is 37.4 Å². The fourth-order valence-corrected chi connectivity index (χ4v) is 7.80. The van der Waals surface area contributed by atoms with Crippen molar-refractivity contribution in [2.45, 2.75) is 57.1 Å². The number of nitrogens with zero attached hydrogens (tertiary/aromatic N) is 2. The van der Waals surface area contributed by atoms with E-state index in [1.165, 1.54) is 5.56 Å². The van der Waals surface area contributed by atoms with Gasteiger partial charge in [-0.05, 0) is 69.4 Å². The molecule has 5 nitrogen and oxygen atoms in total. The molecular weight excluding hydrogens is 452 g/mol. The Balaban J connectivity index is 1.40. The summed E-state index contributed by atoms with van der Waals surface area (Å²) in [5.74, 6) is 0.883. The maximum atomic E-state index is 13.4. The van der Waals surface area contributed by atoms with Gasteiger partial charge in [0.25, 0.3) is 0 Å². The van der Waals surface area contributed by atoms with Gasteiger partial charge in [0.1, 0.15) is 5.75 Å². The molecule has 0 saturated carbocycles. The largest absolute Gasteiger partial charge is 0.494 e. The van der Waals surface area contributed by atoms with Gasteiger partial charge in [-0.25, -0.2) is 13.4 Å². The van der Waals surface area contributed by atoms with Crippen LogP contribution in [-0.2, 0) is 16.3 Å². The Kier molecular flexibility index (Phi) is 7.10. The Hall–Kier alpha value is -2.38. The van der Waals surface area contributed by atoms with Gasteiger partial charge in [0.05, 0.1) is 22.4 Å². The number of aryl methyl sites for hydroxylation is 3. The van der Waals surface area contributed by atoms with Gasteiger partial charge in [-0.2, -0.15) is 0 Å². The molecule has 0 amide bonds. The molecule has 176 valence electrons. The topological polar surface area (TPSA) is 59.5 Å². The summed E-state index contributed by atoms with van der Waals surface area (Å²) < 4.78 is 32.3. The van der Waals surface area contributed by atoms with Gasteiger partial charge < -0.3 is 9.64 Å². The van der Waals surface area contributed by atoms with E-state index in [1.807, 2.05) is 52.0 Å². The normalized spacial score (nSPS) is 15.1. The van der Waals surface area contributed by atoms with Gasteiger partial charge in [0, 0.05) is 24.9 Å². The van der Waals surface area contributed by atoms with E-state index in [9.17, 15) is 8.42 Å². The Morgan fingerprint density at radius 1 is 1.06 bits per heavy atom. The number of aromatic nitrogens is 1. The van der Waals surface area contributed by atoms with E-state index in [-0.39, 0.29) is 5.25 Å². The lowest BCUT2D eigenvalue weighted by Crippen LogP contribution is -2.39. The molecule has 7 heteroatoms. The highest BCUT2D eigenvalue weighted by atomic mass is 32.2. The number of benzene rings is 2. The fraction of sp³-hybridized carbons (Fsp3) is 0.423. The average molecular weight is 485 g/mol. The van der Waals surface area contributed by atoms with Crippen LogP contribution in [0.25, 0.3) is 0 Å². The van der Waals surface area contributed by atoms with Gasteiger partial charge >= 0.3 is 0 Å². The van der Waals surface area contributed by atoms with Gasteiger partial charge in [-0.3, -0.25) is 0 Å². The van der Waals surface area contributed by atoms with Crippen LogP contribution < -0.4 is 9.64 Å². The van der Waals surface area contributed by atoms with E-state index in [2.05, 4.69) is 22.4 Å². The number of hydrogen-bond donors (Lipinski definition) is 0. The van der Waals surface area contributed by atoms with Crippen LogP contribution in [0.5, 0.6) is 5.75 Å².